The zero-order chi connectivity index (χ0) is 10.8. The van der Waals surface area contributed by atoms with Crippen molar-refractivity contribution in [2.75, 3.05) is 0 Å². The number of carbonyl (C=O) groups is 1. The average molecular weight is 282 g/mol. The molecule has 0 aliphatic heterocycles. The molecular weight excluding hydrogens is 274 g/mol. The van der Waals surface area contributed by atoms with Crippen molar-refractivity contribution in [3.8, 4) is 0 Å². The number of benzene rings is 1. The van der Waals surface area contributed by atoms with E-state index >= 15 is 0 Å². The Bertz CT molecular complexity index is 493. The van der Waals surface area contributed by atoms with Crippen LogP contribution in [0.2, 0.25) is 0 Å². The lowest BCUT2D eigenvalue weighted by Gasteiger charge is -2.01. The first kappa shape index (κ1) is 10.5. The predicted molar refractivity (Wildman–Crippen MR) is 64.4 cm³/mol. The molecule has 1 heterocycles. The summed E-state index contributed by atoms with van der Waals surface area (Å²) in [5.41, 5.74) is 1.81. The highest BCUT2D eigenvalue weighted by Gasteiger charge is 2.11. The van der Waals surface area contributed by atoms with Crippen LogP contribution in [0.1, 0.15) is 20.8 Å². The van der Waals surface area contributed by atoms with Crippen LogP contribution in [0, 0.1) is 6.92 Å². The molecule has 15 heavy (non-hydrogen) atoms. The summed E-state index contributed by atoms with van der Waals surface area (Å²) in [7, 11) is 0. The van der Waals surface area contributed by atoms with Crippen LogP contribution in [0.5, 0.6) is 0 Å². The van der Waals surface area contributed by atoms with Crippen LogP contribution in [-0.2, 0) is 0 Å². The second kappa shape index (κ2) is 4.24. The number of hydrogen-bond acceptors (Lipinski definition) is 3. The average Bonchev–Trinajstić information content (AvgIpc) is 2.74. The van der Waals surface area contributed by atoms with Gasteiger partial charge in [-0.1, -0.05) is 28.1 Å². The molecule has 2 nitrogen and oxygen atoms in total. The number of ketones is 1. The van der Waals surface area contributed by atoms with Gasteiger partial charge in [0.15, 0.2) is 0 Å². The normalized spacial score (nSPS) is 10.3. The molecule has 0 spiro atoms. The molecule has 2 rings (SSSR count). The van der Waals surface area contributed by atoms with Crippen LogP contribution < -0.4 is 0 Å². The molecule has 0 atom stereocenters. The molecule has 0 unspecified atom stereocenters. The molecule has 0 amide bonds. The van der Waals surface area contributed by atoms with Gasteiger partial charge in [-0.3, -0.25) is 4.79 Å². The van der Waals surface area contributed by atoms with Crippen LogP contribution in [0.15, 0.2) is 34.9 Å². The third-order valence-electron chi connectivity index (χ3n) is 2.10. The Balaban J connectivity index is 2.39. The molecule has 4 heteroatoms. The van der Waals surface area contributed by atoms with Gasteiger partial charge in [-0.05, 0) is 36.2 Å². The molecular formula is C11H8BrNOS. The lowest BCUT2D eigenvalue weighted by molar-refractivity contribution is 0.104. The fraction of sp³-hybridized carbons (Fsp3) is 0.0909. The summed E-state index contributed by atoms with van der Waals surface area (Å²) in [6.07, 6.45) is 1.64. The number of carbonyl (C=O) groups excluding carboxylic acids is 1. The Labute approximate surface area is 100 Å². The summed E-state index contributed by atoms with van der Waals surface area (Å²) in [6, 6.07) is 7.35. The van der Waals surface area contributed by atoms with Crippen LogP contribution in [0.3, 0.4) is 0 Å². The third kappa shape index (κ3) is 2.16. The van der Waals surface area contributed by atoms with E-state index in [9.17, 15) is 4.79 Å². The summed E-state index contributed by atoms with van der Waals surface area (Å²) < 4.78 is 4.87. The molecule has 0 fully saturated rings. The number of halogens is 1. The fourth-order valence-electron chi connectivity index (χ4n) is 1.21. The highest BCUT2D eigenvalue weighted by atomic mass is 79.9. The maximum Gasteiger partial charge on any atom is 0.204 e. The Hall–Kier alpha value is -1.00. The van der Waals surface area contributed by atoms with E-state index in [1.807, 2.05) is 25.1 Å². The van der Waals surface area contributed by atoms with Crippen molar-refractivity contribution in [1.82, 2.24) is 4.37 Å². The molecule has 0 aliphatic carbocycles. The molecule has 1 aromatic carbocycles. The van der Waals surface area contributed by atoms with Gasteiger partial charge in [-0.15, -0.1) is 0 Å². The third-order valence-corrected chi connectivity index (χ3v) is 3.70. The first-order chi connectivity index (χ1) is 7.18. The van der Waals surface area contributed by atoms with Gasteiger partial charge >= 0.3 is 0 Å². The predicted octanol–water partition coefficient (Wildman–Crippen LogP) is 3.45. The van der Waals surface area contributed by atoms with Gasteiger partial charge in [-0.2, -0.15) is 0 Å². The van der Waals surface area contributed by atoms with E-state index in [2.05, 4.69) is 20.3 Å². The Morgan fingerprint density at radius 2 is 2.20 bits per heavy atom. The maximum atomic E-state index is 11.9. The SMILES string of the molecule is Cc1ccc(C(=O)c2ccns2)cc1Br. The highest BCUT2D eigenvalue weighted by molar-refractivity contribution is 9.10. The maximum absolute atomic E-state index is 11.9. The van der Waals surface area contributed by atoms with E-state index in [4.69, 9.17) is 0 Å². The lowest BCUT2D eigenvalue weighted by Crippen LogP contribution is -1.98. The summed E-state index contributed by atoms with van der Waals surface area (Å²) in [6.45, 7) is 1.99. The summed E-state index contributed by atoms with van der Waals surface area (Å²) in [5.74, 6) is 0.0261. The number of hydrogen-bond donors (Lipinski definition) is 0. The minimum absolute atomic E-state index is 0.0261. The smallest absolute Gasteiger partial charge is 0.204 e. The second-order valence-electron chi connectivity index (χ2n) is 3.17. The van der Waals surface area contributed by atoms with E-state index in [0.717, 1.165) is 10.0 Å². The van der Waals surface area contributed by atoms with E-state index in [1.54, 1.807) is 12.3 Å². The summed E-state index contributed by atoms with van der Waals surface area (Å²) in [5, 5.41) is 0. The van der Waals surface area contributed by atoms with Crippen LogP contribution in [0.25, 0.3) is 0 Å². The lowest BCUT2D eigenvalue weighted by atomic mass is 10.1. The summed E-state index contributed by atoms with van der Waals surface area (Å²) >= 11 is 4.63. The Morgan fingerprint density at radius 3 is 2.80 bits per heavy atom. The fourth-order valence-corrected chi connectivity index (χ4v) is 2.15. The van der Waals surface area contributed by atoms with Crippen molar-refractivity contribution in [3.63, 3.8) is 0 Å². The number of aryl methyl sites for hydroxylation is 1. The van der Waals surface area contributed by atoms with Gasteiger partial charge in [0.1, 0.15) is 0 Å². The van der Waals surface area contributed by atoms with Crippen molar-refractivity contribution < 1.29 is 4.79 Å². The largest absolute Gasteiger partial charge is 0.288 e. The van der Waals surface area contributed by atoms with Crippen LogP contribution >= 0.6 is 27.5 Å². The van der Waals surface area contributed by atoms with Gasteiger partial charge < -0.3 is 0 Å². The quantitative estimate of drug-likeness (QED) is 0.790. The molecule has 1 aromatic heterocycles. The zero-order valence-corrected chi connectivity index (χ0v) is 10.4. The Kier molecular flexibility index (Phi) is 2.98. The monoisotopic (exact) mass is 281 g/mol. The van der Waals surface area contributed by atoms with E-state index in [0.29, 0.717) is 10.4 Å². The second-order valence-corrected chi connectivity index (χ2v) is 4.86. The highest BCUT2D eigenvalue weighted by Crippen LogP contribution is 2.20. The van der Waals surface area contributed by atoms with Crippen molar-refractivity contribution in [2.45, 2.75) is 6.92 Å². The van der Waals surface area contributed by atoms with Gasteiger partial charge in [0.2, 0.25) is 5.78 Å². The minimum Gasteiger partial charge on any atom is -0.288 e. The number of rotatable bonds is 2. The summed E-state index contributed by atoms with van der Waals surface area (Å²) in [4.78, 5) is 12.6. The van der Waals surface area contributed by atoms with Crippen LogP contribution in [-0.4, -0.2) is 10.2 Å². The number of aromatic nitrogens is 1. The molecule has 0 saturated carbocycles. The molecule has 0 bridgehead atoms. The standard InChI is InChI=1S/C11H8BrNOS/c1-7-2-3-8(6-9(7)12)11(14)10-4-5-13-15-10/h2-6H,1H3. The topological polar surface area (TPSA) is 30.0 Å². The van der Waals surface area contributed by atoms with Gasteiger partial charge in [0.05, 0.1) is 4.88 Å². The molecule has 0 saturated heterocycles. The van der Waals surface area contributed by atoms with Gasteiger partial charge in [-0.25, -0.2) is 4.37 Å². The minimum atomic E-state index is 0.0261. The molecule has 2 aromatic rings. The van der Waals surface area contributed by atoms with E-state index < -0.39 is 0 Å². The number of nitrogens with zero attached hydrogens (tertiary/aromatic N) is 1. The zero-order valence-electron chi connectivity index (χ0n) is 8.03. The Morgan fingerprint density at radius 1 is 1.40 bits per heavy atom. The molecule has 0 aliphatic rings. The van der Waals surface area contributed by atoms with Gasteiger partial charge in [0, 0.05) is 16.2 Å². The van der Waals surface area contributed by atoms with Crippen molar-refractivity contribution in [3.05, 3.63) is 50.9 Å². The van der Waals surface area contributed by atoms with E-state index in [-0.39, 0.29) is 5.78 Å². The van der Waals surface area contributed by atoms with Crippen LogP contribution in [0.4, 0.5) is 0 Å². The first-order valence-electron chi connectivity index (χ1n) is 4.40. The first-order valence-corrected chi connectivity index (χ1v) is 5.96. The van der Waals surface area contributed by atoms with Crippen molar-refractivity contribution >= 4 is 33.2 Å². The van der Waals surface area contributed by atoms with Crippen molar-refractivity contribution in [2.24, 2.45) is 0 Å². The van der Waals surface area contributed by atoms with Gasteiger partial charge in [0.25, 0.3) is 0 Å². The van der Waals surface area contributed by atoms with E-state index in [1.165, 1.54) is 11.5 Å². The van der Waals surface area contributed by atoms with Crippen molar-refractivity contribution in [1.29, 1.82) is 0 Å². The molecule has 0 radical (unpaired) electrons. The molecule has 0 N–H and O–H groups in total. The molecule has 76 valence electrons.